The molecule has 1 N–H and O–H groups in total. The Bertz CT molecular complexity index is 711. The van der Waals surface area contributed by atoms with Crippen LogP contribution in [-0.4, -0.2) is 30.4 Å². The minimum Gasteiger partial charge on any atom is -0.355 e. The van der Waals surface area contributed by atoms with Gasteiger partial charge in [-0.15, -0.1) is 0 Å². The van der Waals surface area contributed by atoms with Gasteiger partial charge in [-0.2, -0.15) is 0 Å². The fourth-order valence-corrected chi connectivity index (χ4v) is 3.76. The van der Waals surface area contributed by atoms with E-state index in [2.05, 4.69) is 35.3 Å². The van der Waals surface area contributed by atoms with E-state index in [0.29, 0.717) is 12.5 Å². The van der Waals surface area contributed by atoms with E-state index in [-0.39, 0.29) is 11.8 Å². The monoisotopic (exact) mass is 370 g/mol. The summed E-state index contributed by atoms with van der Waals surface area (Å²) in [4.78, 5) is 14.9. The van der Waals surface area contributed by atoms with E-state index in [4.69, 9.17) is 11.6 Å². The van der Waals surface area contributed by atoms with Crippen molar-refractivity contribution in [3.8, 4) is 0 Å². The molecule has 0 aromatic heterocycles. The van der Waals surface area contributed by atoms with Crippen LogP contribution in [0.1, 0.15) is 36.8 Å². The normalized spacial score (nSPS) is 17.0. The lowest BCUT2D eigenvalue weighted by Crippen LogP contribution is -2.41. The molecule has 4 heteroatoms. The number of piperidine rings is 1. The highest BCUT2D eigenvalue weighted by Crippen LogP contribution is 2.21. The minimum absolute atomic E-state index is 0.133. The van der Waals surface area contributed by atoms with Gasteiger partial charge in [-0.05, 0) is 55.1 Å². The quantitative estimate of drug-likeness (QED) is 0.813. The van der Waals surface area contributed by atoms with Crippen molar-refractivity contribution < 1.29 is 4.79 Å². The second-order valence-corrected chi connectivity index (χ2v) is 7.67. The highest BCUT2D eigenvalue weighted by atomic mass is 35.5. The highest BCUT2D eigenvalue weighted by molar-refractivity contribution is 6.30. The number of halogens is 1. The van der Waals surface area contributed by atoms with E-state index in [9.17, 15) is 4.79 Å². The number of amides is 1. The van der Waals surface area contributed by atoms with Gasteiger partial charge in [0, 0.05) is 24.0 Å². The van der Waals surface area contributed by atoms with Crippen LogP contribution < -0.4 is 5.32 Å². The maximum Gasteiger partial charge on any atom is 0.223 e. The van der Waals surface area contributed by atoms with Gasteiger partial charge in [0.25, 0.3) is 0 Å². The molecule has 3 rings (SSSR count). The fourth-order valence-electron chi connectivity index (χ4n) is 3.54. The SMILES string of the molecule is CC(CNC(=O)C1CCN(Cc2cccc(Cl)c2)CC1)c1ccccc1. The van der Waals surface area contributed by atoms with Crippen LogP contribution in [0.4, 0.5) is 0 Å². The number of hydrogen-bond acceptors (Lipinski definition) is 2. The first kappa shape index (κ1) is 18.9. The molecule has 3 nitrogen and oxygen atoms in total. The third-order valence-electron chi connectivity index (χ3n) is 5.20. The highest BCUT2D eigenvalue weighted by Gasteiger charge is 2.25. The van der Waals surface area contributed by atoms with Crippen molar-refractivity contribution >= 4 is 17.5 Å². The number of benzene rings is 2. The molecule has 26 heavy (non-hydrogen) atoms. The first-order valence-electron chi connectivity index (χ1n) is 9.41. The molecule has 1 atom stereocenters. The maximum absolute atomic E-state index is 12.5. The summed E-state index contributed by atoms with van der Waals surface area (Å²) < 4.78 is 0. The van der Waals surface area contributed by atoms with Gasteiger partial charge < -0.3 is 5.32 Å². The second-order valence-electron chi connectivity index (χ2n) is 7.24. The summed E-state index contributed by atoms with van der Waals surface area (Å²) in [5.41, 5.74) is 2.50. The number of nitrogens with zero attached hydrogens (tertiary/aromatic N) is 1. The summed E-state index contributed by atoms with van der Waals surface area (Å²) in [6, 6.07) is 18.4. The van der Waals surface area contributed by atoms with E-state index < -0.39 is 0 Å². The largest absolute Gasteiger partial charge is 0.355 e. The first-order chi connectivity index (χ1) is 12.6. The lowest BCUT2D eigenvalue weighted by atomic mass is 9.95. The summed E-state index contributed by atoms with van der Waals surface area (Å²) in [6.45, 7) is 5.67. The lowest BCUT2D eigenvalue weighted by molar-refractivity contribution is -0.126. The summed E-state index contributed by atoms with van der Waals surface area (Å²) >= 11 is 6.06. The van der Waals surface area contributed by atoms with Crippen LogP contribution in [0.3, 0.4) is 0 Å². The van der Waals surface area contributed by atoms with Crippen LogP contribution in [0.2, 0.25) is 5.02 Å². The average molecular weight is 371 g/mol. The Hall–Kier alpha value is -1.84. The van der Waals surface area contributed by atoms with Crippen molar-refractivity contribution in [1.29, 1.82) is 0 Å². The third-order valence-corrected chi connectivity index (χ3v) is 5.44. The third kappa shape index (κ3) is 5.33. The van der Waals surface area contributed by atoms with Crippen LogP contribution >= 0.6 is 11.6 Å². The van der Waals surface area contributed by atoms with E-state index in [0.717, 1.165) is 37.5 Å². The van der Waals surface area contributed by atoms with Gasteiger partial charge in [-0.25, -0.2) is 0 Å². The predicted octanol–water partition coefficient (Wildman–Crippen LogP) is 4.47. The van der Waals surface area contributed by atoms with Crippen LogP contribution in [0.5, 0.6) is 0 Å². The Morgan fingerprint density at radius 1 is 1.15 bits per heavy atom. The molecule has 2 aromatic carbocycles. The zero-order chi connectivity index (χ0) is 18.4. The van der Waals surface area contributed by atoms with Gasteiger partial charge in [-0.1, -0.05) is 61.0 Å². The molecule has 1 amide bonds. The number of carbonyl (C=O) groups is 1. The number of likely N-dealkylation sites (tertiary alicyclic amines) is 1. The van der Waals surface area contributed by atoms with Gasteiger partial charge in [0.05, 0.1) is 0 Å². The topological polar surface area (TPSA) is 32.3 Å². The molecule has 0 aliphatic carbocycles. The summed E-state index contributed by atoms with van der Waals surface area (Å²) in [5, 5.41) is 3.93. The zero-order valence-corrected chi connectivity index (χ0v) is 16.1. The predicted molar refractivity (Wildman–Crippen MR) is 107 cm³/mol. The number of rotatable bonds is 6. The van der Waals surface area contributed by atoms with Crippen LogP contribution in [0.25, 0.3) is 0 Å². The van der Waals surface area contributed by atoms with Gasteiger partial charge in [0.15, 0.2) is 0 Å². The Labute approximate surface area is 161 Å². The van der Waals surface area contributed by atoms with Crippen molar-refractivity contribution in [3.63, 3.8) is 0 Å². The fraction of sp³-hybridized carbons (Fsp3) is 0.409. The second kappa shape index (κ2) is 9.20. The Kier molecular flexibility index (Phi) is 6.70. The molecule has 1 saturated heterocycles. The smallest absolute Gasteiger partial charge is 0.223 e. The summed E-state index contributed by atoms with van der Waals surface area (Å²) in [5.74, 6) is 0.673. The van der Waals surface area contributed by atoms with E-state index in [1.54, 1.807) is 0 Å². The molecule has 1 unspecified atom stereocenters. The average Bonchev–Trinajstić information content (AvgIpc) is 2.67. The maximum atomic E-state index is 12.5. The van der Waals surface area contributed by atoms with Gasteiger partial charge >= 0.3 is 0 Å². The van der Waals surface area contributed by atoms with Gasteiger partial charge in [0.2, 0.25) is 5.91 Å². The summed E-state index contributed by atoms with van der Waals surface area (Å²) in [7, 11) is 0. The molecular weight excluding hydrogens is 344 g/mol. The number of hydrogen-bond donors (Lipinski definition) is 1. The molecule has 0 radical (unpaired) electrons. The Morgan fingerprint density at radius 2 is 1.88 bits per heavy atom. The number of carbonyl (C=O) groups excluding carboxylic acids is 1. The van der Waals surface area contributed by atoms with E-state index in [1.165, 1.54) is 11.1 Å². The Balaban J connectivity index is 1.42. The Morgan fingerprint density at radius 3 is 2.58 bits per heavy atom. The molecule has 138 valence electrons. The summed E-state index contributed by atoms with van der Waals surface area (Å²) in [6.07, 6.45) is 1.85. The van der Waals surface area contributed by atoms with Crippen molar-refractivity contribution in [3.05, 3.63) is 70.7 Å². The van der Waals surface area contributed by atoms with Crippen LogP contribution in [0, 0.1) is 5.92 Å². The molecule has 0 saturated carbocycles. The minimum atomic E-state index is 0.133. The molecule has 1 aliphatic rings. The van der Waals surface area contributed by atoms with Gasteiger partial charge in [-0.3, -0.25) is 9.69 Å². The van der Waals surface area contributed by atoms with Crippen molar-refractivity contribution in [2.75, 3.05) is 19.6 Å². The molecule has 0 bridgehead atoms. The lowest BCUT2D eigenvalue weighted by Gasteiger charge is -2.31. The first-order valence-corrected chi connectivity index (χ1v) is 9.79. The van der Waals surface area contributed by atoms with Crippen LogP contribution in [0.15, 0.2) is 54.6 Å². The molecule has 0 spiro atoms. The zero-order valence-electron chi connectivity index (χ0n) is 15.3. The van der Waals surface area contributed by atoms with E-state index >= 15 is 0 Å². The van der Waals surface area contributed by atoms with Crippen molar-refractivity contribution in [2.24, 2.45) is 5.92 Å². The molecular formula is C22H27ClN2O. The molecule has 1 aliphatic heterocycles. The van der Waals surface area contributed by atoms with Crippen LogP contribution in [-0.2, 0) is 11.3 Å². The molecule has 1 heterocycles. The number of nitrogens with one attached hydrogen (secondary N) is 1. The van der Waals surface area contributed by atoms with E-state index in [1.807, 2.05) is 36.4 Å². The molecule has 2 aromatic rings. The standard InChI is InChI=1S/C22H27ClN2O/c1-17(19-7-3-2-4-8-19)15-24-22(26)20-10-12-25(13-11-20)16-18-6-5-9-21(23)14-18/h2-9,14,17,20H,10-13,15-16H2,1H3,(H,24,26). The van der Waals surface area contributed by atoms with Crippen molar-refractivity contribution in [1.82, 2.24) is 10.2 Å². The molecule has 1 fully saturated rings. The van der Waals surface area contributed by atoms with Crippen molar-refractivity contribution in [2.45, 2.75) is 32.2 Å². The van der Waals surface area contributed by atoms with Gasteiger partial charge in [0.1, 0.15) is 0 Å².